The number of carbonyl (C=O) groups is 1. The Bertz CT molecular complexity index is 363. The number of carbonyl (C=O) groups excluding carboxylic acids is 1. The fourth-order valence-electron chi connectivity index (χ4n) is 1.69. The first-order valence-electron chi connectivity index (χ1n) is 6.00. The summed E-state index contributed by atoms with van der Waals surface area (Å²) < 4.78 is 18.6. The van der Waals surface area contributed by atoms with Gasteiger partial charge < -0.3 is 4.74 Å². The van der Waals surface area contributed by atoms with Gasteiger partial charge in [-0.1, -0.05) is 32.4 Å². The normalized spacial score (nSPS) is 12.4. The van der Waals surface area contributed by atoms with E-state index in [1.807, 2.05) is 0 Å². The average Bonchev–Trinajstić information content (AvgIpc) is 2.29. The van der Waals surface area contributed by atoms with E-state index in [1.54, 1.807) is 12.1 Å². The van der Waals surface area contributed by atoms with Gasteiger partial charge in [-0.25, -0.2) is 4.39 Å². The van der Waals surface area contributed by atoms with Gasteiger partial charge in [0.15, 0.2) is 5.78 Å². The summed E-state index contributed by atoms with van der Waals surface area (Å²) in [5.74, 6) is -0.345. The molecule has 0 saturated carbocycles. The molecular formula is C14H19FO2. The molecule has 1 unspecified atom stereocenters. The smallest absolute Gasteiger partial charge is 0.191 e. The summed E-state index contributed by atoms with van der Waals surface area (Å²) in [6.07, 6.45) is 2.18. The van der Waals surface area contributed by atoms with Crippen LogP contribution in [0.25, 0.3) is 0 Å². The number of ketones is 1. The molecule has 0 aliphatic carbocycles. The third-order valence-electron chi connectivity index (χ3n) is 2.59. The van der Waals surface area contributed by atoms with Crippen molar-refractivity contribution in [3.63, 3.8) is 0 Å². The van der Waals surface area contributed by atoms with Crippen molar-refractivity contribution < 1.29 is 13.9 Å². The Labute approximate surface area is 102 Å². The molecule has 3 heteroatoms. The number of ether oxygens (including phenoxy) is 1. The summed E-state index contributed by atoms with van der Waals surface area (Å²) in [7, 11) is 0. The van der Waals surface area contributed by atoms with Crippen LogP contribution in [0.3, 0.4) is 0 Å². The maximum atomic E-state index is 13.3. The highest BCUT2D eigenvalue weighted by molar-refractivity contribution is 5.97. The number of Topliss-reactive ketones (excluding diaryl/α,β-unsaturated/α-hetero) is 1. The second kappa shape index (κ2) is 7.17. The lowest BCUT2D eigenvalue weighted by atomic mass is 10.1. The van der Waals surface area contributed by atoms with Crippen LogP contribution in [0.4, 0.5) is 4.39 Å². The first-order chi connectivity index (χ1) is 8.15. The predicted octanol–water partition coefficient (Wildman–Crippen LogP) is 3.46. The molecule has 94 valence electrons. The van der Waals surface area contributed by atoms with Gasteiger partial charge >= 0.3 is 0 Å². The van der Waals surface area contributed by atoms with Crippen molar-refractivity contribution in [1.29, 1.82) is 0 Å². The Kier molecular flexibility index (Phi) is 5.84. The second-order valence-electron chi connectivity index (χ2n) is 4.31. The number of rotatable bonds is 7. The molecule has 1 atom stereocenters. The van der Waals surface area contributed by atoms with Crippen LogP contribution in [0, 0.1) is 11.7 Å². The van der Waals surface area contributed by atoms with Crippen molar-refractivity contribution in [2.75, 3.05) is 13.2 Å². The minimum absolute atomic E-state index is 0.0466. The predicted molar refractivity (Wildman–Crippen MR) is 65.6 cm³/mol. The van der Waals surface area contributed by atoms with Crippen LogP contribution in [0.2, 0.25) is 0 Å². The quantitative estimate of drug-likeness (QED) is 0.680. The Hall–Kier alpha value is -1.22. The van der Waals surface area contributed by atoms with Crippen molar-refractivity contribution in [3.05, 3.63) is 35.6 Å². The van der Waals surface area contributed by atoms with Gasteiger partial charge in [0.2, 0.25) is 0 Å². The standard InChI is InChI=1S/C14H19FO2/c1-3-6-11(2)9-17-10-14(16)12-7-4-5-8-13(12)15/h4-5,7-8,11H,3,6,9-10H2,1-2H3. The van der Waals surface area contributed by atoms with Gasteiger partial charge in [0.25, 0.3) is 0 Å². The summed E-state index contributed by atoms with van der Waals surface area (Å²) >= 11 is 0. The summed E-state index contributed by atoms with van der Waals surface area (Å²) in [6, 6.07) is 5.98. The first kappa shape index (κ1) is 13.8. The zero-order chi connectivity index (χ0) is 12.7. The van der Waals surface area contributed by atoms with E-state index < -0.39 is 5.82 Å². The molecule has 0 heterocycles. The van der Waals surface area contributed by atoms with E-state index in [0.29, 0.717) is 12.5 Å². The lowest BCUT2D eigenvalue weighted by Gasteiger charge is -2.10. The molecule has 0 amide bonds. The van der Waals surface area contributed by atoms with Crippen LogP contribution < -0.4 is 0 Å². The minimum atomic E-state index is -0.484. The lowest BCUT2D eigenvalue weighted by Crippen LogP contribution is -2.14. The van der Waals surface area contributed by atoms with E-state index in [4.69, 9.17) is 4.74 Å². The van der Waals surface area contributed by atoms with Gasteiger partial charge in [0.1, 0.15) is 12.4 Å². The van der Waals surface area contributed by atoms with Crippen LogP contribution in [0.1, 0.15) is 37.0 Å². The molecule has 1 aromatic carbocycles. The van der Waals surface area contributed by atoms with Gasteiger partial charge in [-0.2, -0.15) is 0 Å². The second-order valence-corrected chi connectivity index (χ2v) is 4.31. The molecule has 0 aliphatic rings. The molecule has 2 nitrogen and oxygen atoms in total. The molecule has 17 heavy (non-hydrogen) atoms. The van der Waals surface area contributed by atoms with Crippen molar-refractivity contribution in [2.24, 2.45) is 5.92 Å². The minimum Gasteiger partial charge on any atom is -0.373 e. The summed E-state index contributed by atoms with van der Waals surface area (Å²) in [5, 5.41) is 0. The molecule has 1 aromatic rings. The van der Waals surface area contributed by atoms with Crippen molar-refractivity contribution >= 4 is 5.78 Å². The summed E-state index contributed by atoms with van der Waals surface area (Å²) in [4.78, 5) is 11.6. The SMILES string of the molecule is CCCC(C)COCC(=O)c1ccccc1F. The van der Waals surface area contributed by atoms with E-state index in [1.165, 1.54) is 12.1 Å². The molecule has 0 N–H and O–H groups in total. The fourth-order valence-corrected chi connectivity index (χ4v) is 1.69. The molecule has 0 bridgehead atoms. The van der Waals surface area contributed by atoms with E-state index in [0.717, 1.165) is 12.8 Å². The molecule has 0 fully saturated rings. The van der Waals surface area contributed by atoms with E-state index in [2.05, 4.69) is 13.8 Å². The highest BCUT2D eigenvalue weighted by Crippen LogP contribution is 2.09. The van der Waals surface area contributed by atoms with Crippen molar-refractivity contribution in [3.8, 4) is 0 Å². The monoisotopic (exact) mass is 238 g/mol. The fraction of sp³-hybridized carbons (Fsp3) is 0.500. The lowest BCUT2D eigenvalue weighted by molar-refractivity contribution is 0.0679. The Morgan fingerprint density at radius 1 is 1.41 bits per heavy atom. The van der Waals surface area contributed by atoms with Crippen LogP contribution in [-0.4, -0.2) is 19.0 Å². The summed E-state index contributed by atoms with van der Waals surface area (Å²) in [5.41, 5.74) is 0.107. The van der Waals surface area contributed by atoms with Gasteiger partial charge in [-0.15, -0.1) is 0 Å². The van der Waals surface area contributed by atoms with Gasteiger partial charge in [0, 0.05) is 6.61 Å². The van der Waals surface area contributed by atoms with Crippen LogP contribution >= 0.6 is 0 Å². The van der Waals surface area contributed by atoms with Gasteiger partial charge in [0.05, 0.1) is 5.56 Å². The van der Waals surface area contributed by atoms with Crippen molar-refractivity contribution in [1.82, 2.24) is 0 Å². The van der Waals surface area contributed by atoms with Crippen LogP contribution in [0.5, 0.6) is 0 Å². The average molecular weight is 238 g/mol. The van der Waals surface area contributed by atoms with E-state index >= 15 is 0 Å². The highest BCUT2D eigenvalue weighted by Gasteiger charge is 2.11. The van der Waals surface area contributed by atoms with Gasteiger partial charge in [-0.3, -0.25) is 4.79 Å². The maximum Gasteiger partial charge on any atom is 0.191 e. The first-order valence-corrected chi connectivity index (χ1v) is 6.00. The zero-order valence-corrected chi connectivity index (χ0v) is 10.4. The Balaban J connectivity index is 2.38. The Morgan fingerprint density at radius 3 is 2.76 bits per heavy atom. The molecule has 0 spiro atoms. The third-order valence-corrected chi connectivity index (χ3v) is 2.59. The van der Waals surface area contributed by atoms with Crippen LogP contribution in [0.15, 0.2) is 24.3 Å². The third kappa shape index (κ3) is 4.65. The Morgan fingerprint density at radius 2 is 2.12 bits per heavy atom. The van der Waals surface area contributed by atoms with Gasteiger partial charge in [-0.05, 0) is 24.5 Å². The van der Waals surface area contributed by atoms with E-state index in [9.17, 15) is 9.18 Å². The highest BCUT2D eigenvalue weighted by atomic mass is 19.1. The number of benzene rings is 1. The molecular weight excluding hydrogens is 219 g/mol. The number of halogens is 1. The molecule has 1 rings (SSSR count). The molecule has 0 saturated heterocycles. The number of hydrogen-bond acceptors (Lipinski definition) is 2. The van der Waals surface area contributed by atoms with Crippen molar-refractivity contribution in [2.45, 2.75) is 26.7 Å². The molecule has 0 radical (unpaired) electrons. The number of hydrogen-bond donors (Lipinski definition) is 0. The maximum absolute atomic E-state index is 13.3. The largest absolute Gasteiger partial charge is 0.373 e. The zero-order valence-electron chi connectivity index (χ0n) is 10.4. The molecule has 0 aliphatic heterocycles. The molecule has 0 aromatic heterocycles. The summed E-state index contributed by atoms with van der Waals surface area (Å²) in [6.45, 7) is 4.70. The van der Waals surface area contributed by atoms with E-state index in [-0.39, 0.29) is 18.0 Å². The topological polar surface area (TPSA) is 26.3 Å². The van der Waals surface area contributed by atoms with Crippen LogP contribution in [-0.2, 0) is 4.74 Å².